The summed E-state index contributed by atoms with van der Waals surface area (Å²) in [4.78, 5) is 30.8. The van der Waals surface area contributed by atoms with E-state index in [-0.39, 0.29) is 11.8 Å². The number of amides is 2. The second kappa shape index (κ2) is 8.60. The van der Waals surface area contributed by atoms with E-state index in [2.05, 4.69) is 4.90 Å². The number of carbonyl (C=O) groups excluding carboxylic acids is 2. The highest BCUT2D eigenvalue weighted by Gasteiger charge is 2.23. The molecule has 1 aromatic rings. The molecule has 132 valence electrons. The fourth-order valence-corrected chi connectivity index (χ4v) is 3.83. The van der Waals surface area contributed by atoms with Gasteiger partial charge >= 0.3 is 0 Å². The third kappa shape index (κ3) is 4.78. The van der Waals surface area contributed by atoms with Gasteiger partial charge in [0.15, 0.2) is 0 Å². The highest BCUT2D eigenvalue weighted by Crippen LogP contribution is 2.11. The Morgan fingerprint density at radius 3 is 2.54 bits per heavy atom. The number of carbonyl (C=O) groups is 2. The maximum absolute atomic E-state index is 12.4. The molecule has 2 fully saturated rings. The molecule has 0 spiro atoms. The molecule has 3 rings (SSSR count). The van der Waals surface area contributed by atoms with Gasteiger partial charge in [-0.1, -0.05) is 0 Å². The van der Waals surface area contributed by atoms with Crippen LogP contribution in [-0.2, 0) is 20.7 Å². The van der Waals surface area contributed by atoms with Gasteiger partial charge in [0.1, 0.15) is 0 Å². The maximum Gasteiger partial charge on any atom is 0.236 e. The standard InChI is InChI=1S/C17H25N3O3S/c21-16(12-15-2-11-24-14-15)19-4-1-3-18(5-6-19)13-17(22)20-7-9-23-10-8-20/h2,11,14H,1,3-10,12-13H2. The van der Waals surface area contributed by atoms with Crippen molar-refractivity contribution in [2.24, 2.45) is 0 Å². The smallest absolute Gasteiger partial charge is 0.236 e. The Bertz CT molecular complexity index is 543. The van der Waals surface area contributed by atoms with Gasteiger partial charge in [0.05, 0.1) is 26.2 Å². The molecule has 3 heterocycles. The van der Waals surface area contributed by atoms with Gasteiger partial charge < -0.3 is 14.5 Å². The molecule has 2 saturated heterocycles. The molecule has 0 saturated carbocycles. The van der Waals surface area contributed by atoms with E-state index < -0.39 is 0 Å². The first-order valence-electron chi connectivity index (χ1n) is 8.59. The summed E-state index contributed by atoms with van der Waals surface area (Å²) >= 11 is 1.62. The van der Waals surface area contributed by atoms with Crippen molar-refractivity contribution >= 4 is 23.2 Å². The van der Waals surface area contributed by atoms with Crippen LogP contribution in [0.3, 0.4) is 0 Å². The lowest BCUT2D eigenvalue weighted by atomic mass is 10.2. The van der Waals surface area contributed by atoms with Crippen LogP contribution in [-0.4, -0.2) is 85.5 Å². The van der Waals surface area contributed by atoms with Gasteiger partial charge in [-0.3, -0.25) is 14.5 Å². The average molecular weight is 351 g/mol. The average Bonchev–Trinajstić information content (AvgIpc) is 3.00. The molecule has 2 amide bonds. The summed E-state index contributed by atoms with van der Waals surface area (Å²) in [5, 5.41) is 4.03. The van der Waals surface area contributed by atoms with Crippen LogP contribution in [0, 0.1) is 0 Å². The number of rotatable bonds is 4. The minimum atomic E-state index is 0.177. The number of thiophene rings is 1. The van der Waals surface area contributed by atoms with Gasteiger partial charge in [-0.25, -0.2) is 0 Å². The van der Waals surface area contributed by atoms with E-state index in [4.69, 9.17) is 4.74 Å². The van der Waals surface area contributed by atoms with E-state index >= 15 is 0 Å². The molecular formula is C17H25N3O3S. The minimum absolute atomic E-state index is 0.177. The number of morpholine rings is 1. The van der Waals surface area contributed by atoms with E-state index in [1.807, 2.05) is 26.6 Å². The molecule has 0 atom stereocenters. The van der Waals surface area contributed by atoms with E-state index in [1.165, 1.54) is 0 Å². The van der Waals surface area contributed by atoms with Gasteiger partial charge in [-0.15, -0.1) is 0 Å². The van der Waals surface area contributed by atoms with Gasteiger partial charge in [0.2, 0.25) is 11.8 Å². The Hall–Kier alpha value is -1.44. The lowest BCUT2D eigenvalue weighted by Gasteiger charge is -2.29. The number of hydrogen-bond acceptors (Lipinski definition) is 5. The summed E-state index contributed by atoms with van der Waals surface area (Å²) in [6, 6.07) is 2.01. The van der Waals surface area contributed by atoms with E-state index in [1.54, 1.807) is 11.3 Å². The molecule has 0 radical (unpaired) electrons. The van der Waals surface area contributed by atoms with Crippen molar-refractivity contribution in [1.82, 2.24) is 14.7 Å². The first-order valence-corrected chi connectivity index (χ1v) is 9.53. The zero-order valence-electron chi connectivity index (χ0n) is 14.0. The molecular weight excluding hydrogens is 326 g/mol. The van der Waals surface area contributed by atoms with Crippen LogP contribution in [0.4, 0.5) is 0 Å². The van der Waals surface area contributed by atoms with Crippen LogP contribution in [0.25, 0.3) is 0 Å². The third-order valence-corrected chi connectivity index (χ3v) is 5.33. The van der Waals surface area contributed by atoms with E-state index in [9.17, 15) is 9.59 Å². The SMILES string of the molecule is O=C(Cc1ccsc1)N1CCCN(CC(=O)N2CCOCC2)CC1. The number of ether oxygens (including phenoxy) is 1. The first kappa shape index (κ1) is 17.4. The van der Waals surface area contributed by atoms with E-state index in [0.717, 1.165) is 31.6 Å². The second-order valence-corrected chi connectivity index (χ2v) is 7.09. The Morgan fingerprint density at radius 2 is 1.79 bits per heavy atom. The van der Waals surface area contributed by atoms with Crippen LogP contribution < -0.4 is 0 Å². The summed E-state index contributed by atoms with van der Waals surface area (Å²) in [6.45, 7) is 6.24. The highest BCUT2D eigenvalue weighted by molar-refractivity contribution is 7.08. The fourth-order valence-electron chi connectivity index (χ4n) is 3.16. The van der Waals surface area contributed by atoms with Crippen molar-refractivity contribution < 1.29 is 14.3 Å². The Labute approximate surface area is 147 Å². The Morgan fingerprint density at radius 1 is 1.00 bits per heavy atom. The molecule has 0 N–H and O–H groups in total. The quantitative estimate of drug-likeness (QED) is 0.801. The predicted octanol–water partition coefficient (Wildman–Crippen LogP) is 0.684. The number of hydrogen-bond donors (Lipinski definition) is 0. The normalized spacial score (nSPS) is 20.0. The lowest BCUT2D eigenvalue weighted by Crippen LogP contribution is -2.46. The molecule has 24 heavy (non-hydrogen) atoms. The topological polar surface area (TPSA) is 53.1 Å². The van der Waals surface area contributed by atoms with Crippen molar-refractivity contribution in [3.63, 3.8) is 0 Å². The largest absolute Gasteiger partial charge is 0.378 e. The molecule has 7 heteroatoms. The third-order valence-electron chi connectivity index (χ3n) is 4.60. The van der Waals surface area contributed by atoms with Crippen molar-refractivity contribution in [1.29, 1.82) is 0 Å². The summed E-state index contributed by atoms with van der Waals surface area (Å²) < 4.78 is 5.29. The van der Waals surface area contributed by atoms with Crippen LogP contribution in [0.5, 0.6) is 0 Å². The molecule has 0 bridgehead atoms. The van der Waals surface area contributed by atoms with Crippen molar-refractivity contribution in [2.75, 3.05) is 59.0 Å². The second-order valence-electron chi connectivity index (χ2n) is 6.31. The molecule has 1 aromatic heterocycles. The van der Waals surface area contributed by atoms with Gasteiger partial charge in [0, 0.05) is 39.3 Å². The monoisotopic (exact) mass is 351 g/mol. The molecule has 0 unspecified atom stereocenters. The lowest BCUT2D eigenvalue weighted by molar-refractivity contribution is -0.136. The van der Waals surface area contributed by atoms with Crippen molar-refractivity contribution in [2.45, 2.75) is 12.8 Å². The van der Waals surface area contributed by atoms with Crippen LogP contribution in [0.15, 0.2) is 16.8 Å². The first-order chi connectivity index (χ1) is 11.7. The Kier molecular flexibility index (Phi) is 6.23. The summed E-state index contributed by atoms with van der Waals surface area (Å²) in [6.07, 6.45) is 1.40. The highest BCUT2D eigenvalue weighted by atomic mass is 32.1. The zero-order chi connectivity index (χ0) is 16.8. The summed E-state index contributed by atoms with van der Waals surface area (Å²) in [5.41, 5.74) is 1.09. The van der Waals surface area contributed by atoms with Crippen molar-refractivity contribution in [3.05, 3.63) is 22.4 Å². The maximum atomic E-state index is 12.4. The Balaban J connectivity index is 1.46. The molecule has 2 aliphatic rings. The zero-order valence-corrected chi connectivity index (χ0v) is 14.8. The number of nitrogens with zero attached hydrogens (tertiary/aromatic N) is 3. The predicted molar refractivity (Wildman–Crippen MR) is 93.1 cm³/mol. The summed E-state index contributed by atoms with van der Waals surface area (Å²) in [7, 11) is 0. The van der Waals surface area contributed by atoms with Gasteiger partial charge in [-0.05, 0) is 28.8 Å². The minimum Gasteiger partial charge on any atom is -0.378 e. The van der Waals surface area contributed by atoms with Gasteiger partial charge in [-0.2, -0.15) is 11.3 Å². The van der Waals surface area contributed by atoms with Crippen LogP contribution in [0.2, 0.25) is 0 Å². The molecule has 0 aliphatic carbocycles. The van der Waals surface area contributed by atoms with Crippen molar-refractivity contribution in [3.8, 4) is 0 Å². The molecule has 0 aromatic carbocycles. The molecule has 6 nitrogen and oxygen atoms in total. The summed E-state index contributed by atoms with van der Waals surface area (Å²) in [5.74, 6) is 0.367. The van der Waals surface area contributed by atoms with Crippen LogP contribution in [0.1, 0.15) is 12.0 Å². The fraction of sp³-hybridized carbons (Fsp3) is 0.647. The van der Waals surface area contributed by atoms with Crippen LogP contribution >= 0.6 is 11.3 Å². The van der Waals surface area contributed by atoms with E-state index in [0.29, 0.717) is 45.8 Å². The molecule has 2 aliphatic heterocycles. The van der Waals surface area contributed by atoms with Gasteiger partial charge in [0.25, 0.3) is 0 Å².